The molecule has 0 aliphatic carbocycles. The highest BCUT2D eigenvalue weighted by Gasteiger charge is 2.21. The van der Waals surface area contributed by atoms with E-state index in [0.29, 0.717) is 31.0 Å². The fraction of sp³-hybridized carbons (Fsp3) is 0.421. The Morgan fingerprint density at radius 3 is 2.88 bits per heavy atom. The van der Waals surface area contributed by atoms with E-state index in [1.165, 1.54) is 0 Å². The number of aryl methyl sites for hydroxylation is 1. The third-order valence-corrected chi connectivity index (χ3v) is 4.79. The van der Waals surface area contributed by atoms with E-state index < -0.39 is 0 Å². The Kier molecular flexibility index (Phi) is 4.81. The van der Waals surface area contributed by atoms with E-state index in [9.17, 15) is 9.59 Å². The molecule has 1 aromatic heterocycles. The summed E-state index contributed by atoms with van der Waals surface area (Å²) in [6.45, 7) is 3.05. The molecule has 0 saturated carbocycles. The molecule has 2 N–H and O–H groups in total. The first-order valence-corrected chi connectivity index (χ1v) is 9.05. The molecule has 0 spiro atoms. The molecule has 4 rings (SSSR count). The van der Waals surface area contributed by atoms with Crippen molar-refractivity contribution in [3.8, 4) is 0 Å². The predicted molar refractivity (Wildman–Crippen MR) is 96.4 cm³/mol. The Morgan fingerprint density at radius 2 is 2.12 bits per heavy atom. The van der Waals surface area contributed by atoms with Gasteiger partial charge < -0.3 is 15.4 Å². The van der Waals surface area contributed by atoms with Crippen molar-refractivity contribution < 1.29 is 14.3 Å². The molecule has 1 saturated heterocycles. The second-order valence-corrected chi connectivity index (χ2v) is 6.66. The van der Waals surface area contributed by atoms with Crippen molar-refractivity contribution in [1.29, 1.82) is 0 Å². The monoisotopic (exact) mass is 354 g/mol. The van der Waals surface area contributed by atoms with E-state index in [4.69, 9.17) is 4.74 Å². The molecule has 2 aliphatic heterocycles. The van der Waals surface area contributed by atoms with Crippen LogP contribution in [-0.4, -0.2) is 41.2 Å². The van der Waals surface area contributed by atoms with Crippen molar-refractivity contribution in [1.82, 2.24) is 15.1 Å². The molecule has 0 bridgehead atoms. The normalized spacial score (nSPS) is 20.3. The van der Waals surface area contributed by atoms with Gasteiger partial charge in [0.05, 0.1) is 12.7 Å². The number of aromatic nitrogens is 2. The minimum absolute atomic E-state index is 0.0447. The van der Waals surface area contributed by atoms with Gasteiger partial charge in [-0.15, -0.1) is 0 Å². The van der Waals surface area contributed by atoms with Crippen molar-refractivity contribution in [3.63, 3.8) is 0 Å². The van der Waals surface area contributed by atoms with Crippen molar-refractivity contribution in [2.75, 3.05) is 25.0 Å². The lowest BCUT2D eigenvalue weighted by Crippen LogP contribution is -2.33. The van der Waals surface area contributed by atoms with Crippen LogP contribution in [0, 0.1) is 0 Å². The van der Waals surface area contributed by atoms with Crippen molar-refractivity contribution in [2.24, 2.45) is 0 Å². The molecule has 1 fully saturated rings. The number of ether oxygens (including phenoxy) is 1. The Labute approximate surface area is 151 Å². The van der Waals surface area contributed by atoms with Gasteiger partial charge in [0.15, 0.2) is 11.5 Å². The lowest BCUT2D eigenvalue weighted by atomic mass is 10.1. The molecule has 0 radical (unpaired) electrons. The summed E-state index contributed by atoms with van der Waals surface area (Å²) in [6, 6.07) is 9.23. The van der Waals surface area contributed by atoms with Crippen molar-refractivity contribution >= 4 is 17.4 Å². The summed E-state index contributed by atoms with van der Waals surface area (Å²) in [5, 5.41) is 10.4. The first-order chi connectivity index (χ1) is 12.7. The van der Waals surface area contributed by atoms with E-state index in [0.717, 1.165) is 31.5 Å². The fourth-order valence-corrected chi connectivity index (χ4v) is 3.35. The quantitative estimate of drug-likeness (QED) is 0.882. The number of nitrogens with zero attached hydrogens (tertiary/aromatic N) is 2. The van der Waals surface area contributed by atoms with Crippen LogP contribution in [0.4, 0.5) is 5.69 Å². The average Bonchev–Trinajstić information content (AvgIpc) is 3.03. The topological polar surface area (TPSA) is 85.2 Å². The molecule has 1 atom stereocenters. The van der Waals surface area contributed by atoms with Crippen LogP contribution in [0.1, 0.15) is 51.9 Å². The molecule has 1 aromatic carbocycles. The van der Waals surface area contributed by atoms with E-state index in [-0.39, 0.29) is 23.5 Å². The first kappa shape index (κ1) is 16.9. The molecule has 7 heteroatoms. The van der Waals surface area contributed by atoms with E-state index in [1.54, 1.807) is 10.7 Å². The van der Waals surface area contributed by atoms with E-state index in [2.05, 4.69) is 15.7 Å². The zero-order valence-electron chi connectivity index (χ0n) is 14.5. The zero-order valence-corrected chi connectivity index (χ0v) is 14.5. The second kappa shape index (κ2) is 7.39. The maximum absolute atomic E-state index is 12.5. The maximum Gasteiger partial charge on any atom is 0.276 e. The second-order valence-electron chi connectivity index (χ2n) is 6.66. The van der Waals surface area contributed by atoms with Crippen LogP contribution in [-0.2, 0) is 11.3 Å². The van der Waals surface area contributed by atoms with Gasteiger partial charge in [-0.1, -0.05) is 12.1 Å². The van der Waals surface area contributed by atoms with Crippen LogP contribution in [0.5, 0.6) is 0 Å². The fourth-order valence-electron chi connectivity index (χ4n) is 3.35. The Morgan fingerprint density at radius 1 is 1.27 bits per heavy atom. The number of nitrogens with one attached hydrogen (secondary N) is 2. The van der Waals surface area contributed by atoms with Crippen LogP contribution < -0.4 is 10.6 Å². The summed E-state index contributed by atoms with van der Waals surface area (Å²) < 4.78 is 7.38. The molecular weight excluding hydrogens is 332 g/mol. The summed E-state index contributed by atoms with van der Waals surface area (Å²) in [6.07, 6.45) is 2.34. The summed E-state index contributed by atoms with van der Waals surface area (Å²) in [5.74, 6) is -0.249. The van der Waals surface area contributed by atoms with Crippen LogP contribution in [0.2, 0.25) is 0 Å². The molecule has 2 aliphatic rings. The van der Waals surface area contributed by atoms with Gasteiger partial charge >= 0.3 is 0 Å². The molecular formula is C19H22N4O3. The highest BCUT2D eigenvalue weighted by Crippen LogP contribution is 2.21. The molecule has 26 heavy (non-hydrogen) atoms. The first-order valence-electron chi connectivity index (χ1n) is 9.05. The van der Waals surface area contributed by atoms with Gasteiger partial charge in [0.2, 0.25) is 0 Å². The average molecular weight is 354 g/mol. The Hall–Kier alpha value is -2.51. The number of ketones is 1. The molecule has 1 amide bonds. The minimum Gasteiger partial charge on any atom is -0.371 e. The molecule has 7 nitrogen and oxygen atoms in total. The van der Waals surface area contributed by atoms with Crippen LogP contribution in [0.15, 0.2) is 30.3 Å². The van der Waals surface area contributed by atoms with Gasteiger partial charge in [0, 0.05) is 37.8 Å². The largest absolute Gasteiger partial charge is 0.371 e. The van der Waals surface area contributed by atoms with Gasteiger partial charge in [-0.2, -0.15) is 5.10 Å². The van der Waals surface area contributed by atoms with Crippen LogP contribution in [0.25, 0.3) is 0 Å². The van der Waals surface area contributed by atoms with E-state index >= 15 is 0 Å². The predicted octanol–water partition coefficient (Wildman–Crippen LogP) is 2.16. The number of carbonyl (C=O) groups is 2. The van der Waals surface area contributed by atoms with E-state index in [1.807, 2.05) is 24.3 Å². The Bertz CT molecular complexity index is 807. The number of morpholine rings is 1. The van der Waals surface area contributed by atoms with Crippen LogP contribution >= 0.6 is 0 Å². The van der Waals surface area contributed by atoms with Crippen molar-refractivity contribution in [3.05, 3.63) is 47.3 Å². The summed E-state index contributed by atoms with van der Waals surface area (Å²) in [7, 11) is 0. The van der Waals surface area contributed by atoms with Crippen LogP contribution in [0.3, 0.4) is 0 Å². The number of hydrogen-bond donors (Lipinski definition) is 2. The maximum atomic E-state index is 12.5. The summed E-state index contributed by atoms with van der Waals surface area (Å²) in [4.78, 5) is 24.6. The number of hydrogen-bond acceptors (Lipinski definition) is 5. The summed E-state index contributed by atoms with van der Waals surface area (Å²) >= 11 is 0. The van der Waals surface area contributed by atoms with Crippen molar-refractivity contribution in [2.45, 2.75) is 31.9 Å². The third-order valence-electron chi connectivity index (χ3n) is 4.79. The van der Waals surface area contributed by atoms with Gasteiger partial charge in [0.25, 0.3) is 5.91 Å². The number of Topliss-reactive ketones (excluding diaryl/α,β-unsaturated/α-hetero) is 1. The highest BCUT2D eigenvalue weighted by atomic mass is 16.5. The number of rotatable bonds is 3. The van der Waals surface area contributed by atoms with Gasteiger partial charge in [-0.3, -0.25) is 14.3 Å². The smallest absolute Gasteiger partial charge is 0.276 e. The highest BCUT2D eigenvalue weighted by molar-refractivity contribution is 6.05. The summed E-state index contributed by atoms with van der Waals surface area (Å²) in [5.41, 5.74) is 2.58. The lowest BCUT2D eigenvalue weighted by Gasteiger charge is -2.24. The molecule has 1 unspecified atom stereocenters. The number of carbonyl (C=O) groups excluding carboxylic acids is 2. The lowest BCUT2D eigenvalue weighted by molar-refractivity contribution is 0.0277. The van der Waals surface area contributed by atoms with Gasteiger partial charge in [-0.05, 0) is 30.5 Å². The molecule has 3 heterocycles. The van der Waals surface area contributed by atoms with Gasteiger partial charge in [-0.25, -0.2) is 0 Å². The van der Waals surface area contributed by atoms with Gasteiger partial charge in [0.1, 0.15) is 5.69 Å². The molecule has 136 valence electrons. The molecule has 2 aromatic rings. The number of amides is 1. The number of benzene rings is 1. The number of anilines is 1. The SMILES string of the molecule is O=C(Nc1ccc(C2CNCCO2)cc1)c1cc2n(n1)CCCCC2=O. The zero-order chi connectivity index (χ0) is 17.9. The number of fused-ring (bicyclic) bond motifs is 1. The standard InChI is InChI=1S/C19H22N4O3/c24-17-3-1-2-9-23-16(17)11-15(22-23)19(25)21-14-6-4-13(5-7-14)18-12-20-8-10-26-18/h4-7,11,18,20H,1-3,8-10,12H2,(H,21,25). The third kappa shape index (κ3) is 3.54. The Balaban J connectivity index is 1.45. The minimum atomic E-state index is -0.304.